The van der Waals surface area contributed by atoms with Gasteiger partial charge in [0.05, 0.1) is 12.2 Å². The SMILES string of the molecule is CCS(=O)(=O)CCCC(C)(C)CC(=O)O. The highest BCUT2D eigenvalue weighted by Crippen LogP contribution is 2.26. The summed E-state index contributed by atoms with van der Waals surface area (Å²) in [5.41, 5.74) is -0.324. The molecule has 0 fully saturated rings. The number of hydrogen-bond donors (Lipinski definition) is 1. The maximum atomic E-state index is 11.2. The second-order valence-electron chi connectivity index (χ2n) is 4.57. The van der Waals surface area contributed by atoms with Crippen LogP contribution >= 0.6 is 0 Å². The minimum absolute atomic E-state index is 0.0825. The van der Waals surface area contributed by atoms with Crippen molar-refractivity contribution in [3.63, 3.8) is 0 Å². The first-order valence-corrected chi connectivity index (χ1v) is 6.93. The van der Waals surface area contributed by atoms with E-state index in [-0.39, 0.29) is 23.3 Å². The summed E-state index contributed by atoms with van der Waals surface area (Å²) in [6.07, 6.45) is 1.24. The van der Waals surface area contributed by atoms with E-state index < -0.39 is 15.8 Å². The number of carboxylic acids is 1. The van der Waals surface area contributed by atoms with Gasteiger partial charge in [0.25, 0.3) is 0 Å². The molecule has 90 valence electrons. The van der Waals surface area contributed by atoms with Gasteiger partial charge in [-0.25, -0.2) is 8.42 Å². The fourth-order valence-corrected chi connectivity index (χ4v) is 2.29. The second kappa shape index (κ2) is 5.49. The van der Waals surface area contributed by atoms with Crippen molar-refractivity contribution in [3.05, 3.63) is 0 Å². The fourth-order valence-electron chi connectivity index (χ4n) is 1.41. The molecule has 0 amide bonds. The summed E-state index contributed by atoms with van der Waals surface area (Å²) in [6, 6.07) is 0. The molecule has 5 heteroatoms. The lowest BCUT2D eigenvalue weighted by molar-refractivity contribution is -0.139. The van der Waals surface area contributed by atoms with Crippen LogP contribution in [0.4, 0.5) is 0 Å². The van der Waals surface area contributed by atoms with Crippen LogP contribution < -0.4 is 0 Å². The van der Waals surface area contributed by atoms with Crippen LogP contribution in [0.25, 0.3) is 0 Å². The van der Waals surface area contributed by atoms with Crippen LogP contribution in [0.3, 0.4) is 0 Å². The molecule has 0 rings (SSSR count). The molecule has 0 saturated carbocycles. The van der Waals surface area contributed by atoms with Gasteiger partial charge in [-0.1, -0.05) is 20.8 Å². The van der Waals surface area contributed by atoms with Crippen LogP contribution in [0.5, 0.6) is 0 Å². The molecule has 0 radical (unpaired) electrons. The van der Waals surface area contributed by atoms with Gasteiger partial charge in [0.1, 0.15) is 9.84 Å². The topological polar surface area (TPSA) is 71.4 Å². The van der Waals surface area contributed by atoms with E-state index in [1.807, 2.05) is 13.8 Å². The van der Waals surface area contributed by atoms with Crippen LogP contribution in [0, 0.1) is 5.41 Å². The molecule has 0 saturated heterocycles. The van der Waals surface area contributed by atoms with Gasteiger partial charge in [0.15, 0.2) is 0 Å². The first-order valence-electron chi connectivity index (χ1n) is 5.11. The number of carbonyl (C=O) groups is 1. The molecule has 15 heavy (non-hydrogen) atoms. The standard InChI is InChI=1S/C10H20O4S/c1-4-15(13,14)7-5-6-10(2,3)8-9(11)12/h4-8H2,1-3H3,(H,11,12). The summed E-state index contributed by atoms with van der Waals surface area (Å²) in [6.45, 7) is 5.32. The lowest BCUT2D eigenvalue weighted by atomic mass is 9.85. The molecule has 0 unspecified atom stereocenters. The van der Waals surface area contributed by atoms with Gasteiger partial charge in [0.2, 0.25) is 0 Å². The molecular weight excluding hydrogens is 216 g/mol. The first kappa shape index (κ1) is 14.4. The summed E-state index contributed by atoms with van der Waals surface area (Å²) in [5.74, 6) is -0.517. The highest BCUT2D eigenvalue weighted by atomic mass is 32.2. The third kappa shape index (κ3) is 7.36. The largest absolute Gasteiger partial charge is 0.481 e. The Morgan fingerprint density at radius 3 is 2.27 bits per heavy atom. The molecule has 0 aromatic heterocycles. The van der Waals surface area contributed by atoms with Crippen molar-refractivity contribution >= 4 is 15.8 Å². The summed E-state index contributed by atoms with van der Waals surface area (Å²) in [4.78, 5) is 10.5. The minimum atomic E-state index is -2.92. The van der Waals surface area contributed by atoms with Crippen LogP contribution in [-0.4, -0.2) is 31.0 Å². The normalized spacial score (nSPS) is 12.7. The molecule has 0 bridgehead atoms. The predicted molar refractivity (Wildman–Crippen MR) is 59.6 cm³/mol. The molecule has 0 aliphatic carbocycles. The average Bonchev–Trinajstić information content (AvgIpc) is 2.00. The Hall–Kier alpha value is -0.580. The summed E-state index contributed by atoms with van der Waals surface area (Å²) in [7, 11) is -2.92. The Morgan fingerprint density at radius 1 is 1.33 bits per heavy atom. The van der Waals surface area contributed by atoms with Gasteiger partial charge in [-0.2, -0.15) is 0 Å². The van der Waals surface area contributed by atoms with E-state index in [1.54, 1.807) is 6.92 Å². The van der Waals surface area contributed by atoms with Crippen molar-refractivity contribution in [2.24, 2.45) is 5.41 Å². The minimum Gasteiger partial charge on any atom is -0.481 e. The van der Waals surface area contributed by atoms with Crippen molar-refractivity contribution in [2.45, 2.75) is 40.0 Å². The van der Waals surface area contributed by atoms with Crippen LogP contribution in [0.15, 0.2) is 0 Å². The van der Waals surface area contributed by atoms with Gasteiger partial charge in [0, 0.05) is 5.75 Å². The van der Waals surface area contributed by atoms with Crippen LogP contribution in [-0.2, 0) is 14.6 Å². The number of aliphatic carboxylic acids is 1. The zero-order valence-electron chi connectivity index (χ0n) is 9.62. The van der Waals surface area contributed by atoms with E-state index in [4.69, 9.17) is 5.11 Å². The number of carboxylic acid groups (broad SMARTS) is 1. The molecule has 0 heterocycles. The van der Waals surface area contributed by atoms with Crippen molar-refractivity contribution in [1.29, 1.82) is 0 Å². The van der Waals surface area contributed by atoms with E-state index in [9.17, 15) is 13.2 Å². The van der Waals surface area contributed by atoms with Gasteiger partial charge in [-0.3, -0.25) is 4.79 Å². The van der Waals surface area contributed by atoms with E-state index in [0.29, 0.717) is 12.8 Å². The Morgan fingerprint density at radius 2 is 1.87 bits per heavy atom. The molecule has 0 aliphatic rings. The van der Waals surface area contributed by atoms with Crippen LogP contribution in [0.2, 0.25) is 0 Å². The third-order valence-electron chi connectivity index (χ3n) is 2.38. The Bertz CT molecular complexity index is 303. The maximum Gasteiger partial charge on any atom is 0.303 e. The lowest BCUT2D eigenvalue weighted by Crippen LogP contribution is -2.18. The molecule has 1 N–H and O–H groups in total. The van der Waals surface area contributed by atoms with Gasteiger partial charge < -0.3 is 5.11 Å². The van der Waals surface area contributed by atoms with Crippen molar-refractivity contribution < 1.29 is 18.3 Å². The number of sulfone groups is 1. The summed E-state index contributed by atoms with van der Waals surface area (Å²) < 4.78 is 22.4. The van der Waals surface area contributed by atoms with Gasteiger partial charge >= 0.3 is 5.97 Å². The molecule has 0 spiro atoms. The summed E-state index contributed by atoms with van der Waals surface area (Å²) >= 11 is 0. The number of hydrogen-bond acceptors (Lipinski definition) is 3. The molecule has 0 aliphatic heterocycles. The van der Waals surface area contributed by atoms with Gasteiger partial charge in [-0.15, -0.1) is 0 Å². The Balaban J connectivity index is 4.00. The Labute approximate surface area is 91.6 Å². The highest BCUT2D eigenvalue weighted by molar-refractivity contribution is 7.91. The molecule has 0 aromatic carbocycles. The maximum absolute atomic E-state index is 11.2. The smallest absolute Gasteiger partial charge is 0.303 e. The fraction of sp³-hybridized carbons (Fsp3) is 0.900. The van der Waals surface area contributed by atoms with Gasteiger partial charge in [-0.05, 0) is 18.3 Å². The Kier molecular flexibility index (Phi) is 5.28. The molecule has 0 atom stereocenters. The quantitative estimate of drug-likeness (QED) is 0.730. The van der Waals surface area contributed by atoms with Crippen molar-refractivity contribution in [2.75, 3.05) is 11.5 Å². The number of rotatable bonds is 7. The van der Waals surface area contributed by atoms with E-state index >= 15 is 0 Å². The third-order valence-corrected chi connectivity index (χ3v) is 4.17. The predicted octanol–water partition coefficient (Wildman–Crippen LogP) is 1.70. The molecule has 4 nitrogen and oxygen atoms in total. The van der Waals surface area contributed by atoms with E-state index in [2.05, 4.69) is 0 Å². The highest BCUT2D eigenvalue weighted by Gasteiger charge is 2.22. The average molecular weight is 236 g/mol. The first-order chi connectivity index (χ1) is 6.68. The zero-order chi connectivity index (χ0) is 12.1. The lowest BCUT2D eigenvalue weighted by Gasteiger charge is -2.21. The van der Waals surface area contributed by atoms with E-state index in [1.165, 1.54) is 0 Å². The van der Waals surface area contributed by atoms with Crippen molar-refractivity contribution in [3.8, 4) is 0 Å². The zero-order valence-corrected chi connectivity index (χ0v) is 10.4. The van der Waals surface area contributed by atoms with Crippen LogP contribution in [0.1, 0.15) is 40.0 Å². The van der Waals surface area contributed by atoms with E-state index in [0.717, 1.165) is 0 Å². The second-order valence-corrected chi connectivity index (χ2v) is 7.05. The van der Waals surface area contributed by atoms with Crippen molar-refractivity contribution in [1.82, 2.24) is 0 Å². The molecule has 0 aromatic rings. The summed E-state index contributed by atoms with van der Waals surface area (Å²) in [5, 5.41) is 8.64. The monoisotopic (exact) mass is 236 g/mol. The molecular formula is C10H20O4S.